The molecule has 3 nitrogen and oxygen atoms in total. The smallest absolute Gasteiger partial charge is 0.311 e. The van der Waals surface area contributed by atoms with Gasteiger partial charge in [-0.15, -0.1) is 0 Å². The first-order chi connectivity index (χ1) is 8.09. The molecule has 3 heteroatoms. The second kappa shape index (κ2) is 4.88. The second-order valence-corrected chi connectivity index (χ2v) is 4.93. The Morgan fingerprint density at radius 1 is 1.47 bits per heavy atom. The number of hydrogen-bond acceptors (Lipinski definition) is 2. The monoisotopic (exact) mass is 233 g/mol. The molecule has 0 aromatic heterocycles. The summed E-state index contributed by atoms with van der Waals surface area (Å²) < 4.78 is 0. The van der Waals surface area contributed by atoms with E-state index in [1.807, 2.05) is 26.0 Å². The van der Waals surface area contributed by atoms with E-state index >= 15 is 0 Å². The van der Waals surface area contributed by atoms with Crippen LogP contribution in [0.3, 0.4) is 0 Å². The van der Waals surface area contributed by atoms with Gasteiger partial charge in [0.15, 0.2) is 0 Å². The Bertz CT molecular complexity index is 422. The van der Waals surface area contributed by atoms with Gasteiger partial charge in [0.1, 0.15) is 0 Å². The lowest BCUT2D eigenvalue weighted by molar-refractivity contribution is -0.140. The molecule has 1 aromatic rings. The molecule has 0 bridgehead atoms. The van der Waals surface area contributed by atoms with Gasteiger partial charge < -0.3 is 10.4 Å². The average Bonchev–Trinajstić information content (AvgIpc) is 2.74. The minimum atomic E-state index is -0.703. The van der Waals surface area contributed by atoms with Gasteiger partial charge in [-0.3, -0.25) is 4.79 Å². The first-order valence-electron chi connectivity index (χ1n) is 6.10. The van der Waals surface area contributed by atoms with Crippen LogP contribution in [0.5, 0.6) is 0 Å². The maximum absolute atomic E-state index is 11.5. The third kappa shape index (κ3) is 2.50. The molecule has 1 aliphatic rings. The van der Waals surface area contributed by atoms with Crippen LogP contribution >= 0.6 is 0 Å². The Morgan fingerprint density at radius 3 is 2.76 bits per heavy atom. The maximum atomic E-state index is 11.5. The Hall–Kier alpha value is -1.35. The number of rotatable bonds is 3. The molecule has 1 aliphatic heterocycles. The van der Waals surface area contributed by atoms with Gasteiger partial charge in [-0.1, -0.05) is 23.8 Å². The van der Waals surface area contributed by atoms with Gasteiger partial charge in [0.2, 0.25) is 0 Å². The fourth-order valence-electron chi connectivity index (χ4n) is 2.72. The van der Waals surface area contributed by atoms with Crippen LogP contribution in [0.2, 0.25) is 0 Å². The van der Waals surface area contributed by atoms with E-state index in [1.54, 1.807) is 0 Å². The summed E-state index contributed by atoms with van der Waals surface area (Å²) in [6, 6.07) is 6.04. The summed E-state index contributed by atoms with van der Waals surface area (Å²) in [4.78, 5) is 11.5. The standard InChI is InChI=1S/C14H19NO2/c1-9-3-4-12(10(2)7-9)13(14(16)17)11-5-6-15-8-11/h3-4,7,11,13,15H,5-6,8H2,1-2H3,(H,16,17). The lowest BCUT2D eigenvalue weighted by atomic mass is 9.83. The zero-order valence-electron chi connectivity index (χ0n) is 10.4. The number of aliphatic carboxylic acids is 1. The van der Waals surface area contributed by atoms with Crippen LogP contribution in [-0.4, -0.2) is 24.2 Å². The van der Waals surface area contributed by atoms with Crippen molar-refractivity contribution >= 4 is 5.97 Å². The predicted molar refractivity (Wildman–Crippen MR) is 67.3 cm³/mol. The molecule has 0 saturated carbocycles. The van der Waals surface area contributed by atoms with Gasteiger partial charge >= 0.3 is 5.97 Å². The maximum Gasteiger partial charge on any atom is 0.311 e. The number of aryl methyl sites for hydroxylation is 2. The molecule has 2 rings (SSSR count). The van der Waals surface area contributed by atoms with E-state index in [4.69, 9.17) is 0 Å². The van der Waals surface area contributed by atoms with Crippen molar-refractivity contribution in [3.8, 4) is 0 Å². The van der Waals surface area contributed by atoms with Gasteiger partial charge in [-0.05, 0) is 50.4 Å². The van der Waals surface area contributed by atoms with Crippen molar-refractivity contribution < 1.29 is 9.90 Å². The SMILES string of the molecule is Cc1ccc(C(C(=O)O)C2CCNC2)c(C)c1. The van der Waals surface area contributed by atoms with Gasteiger partial charge in [0.05, 0.1) is 5.92 Å². The largest absolute Gasteiger partial charge is 0.481 e. The molecule has 1 heterocycles. The van der Waals surface area contributed by atoms with Gasteiger partial charge in [-0.2, -0.15) is 0 Å². The molecule has 0 radical (unpaired) electrons. The van der Waals surface area contributed by atoms with Crippen LogP contribution in [0.15, 0.2) is 18.2 Å². The number of nitrogens with one attached hydrogen (secondary N) is 1. The summed E-state index contributed by atoms with van der Waals surface area (Å²) in [5.41, 5.74) is 3.24. The van der Waals surface area contributed by atoms with Crippen LogP contribution in [0.4, 0.5) is 0 Å². The first kappa shape index (κ1) is 12.1. The van der Waals surface area contributed by atoms with Crippen LogP contribution in [-0.2, 0) is 4.79 Å². The van der Waals surface area contributed by atoms with E-state index in [0.29, 0.717) is 0 Å². The molecule has 92 valence electrons. The van der Waals surface area contributed by atoms with Crippen molar-refractivity contribution in [1.82, 2.24) is 5.32 Å². The number of carboxylic acid groups (broad SMARTS) is 1. The molecule has 2 atom stereocenters. The highest BCUT2D eigenvalue weighted by Gasteiger charge is 2.32. The van der Waals surface area contributed by atoms with E-state index in [2.05, 4.69) is 11.4 Å². The van der Waals surface area contributed by atoms with E-state index in [1.165, 1.54) is 5.56 Å². The summed E-state index contributed by atoms with van der Waals surface area (Å²) in [5, 5.41) is 12.7. The number of carbonyl (C=O) groups is 1. The molecule has 1 saturated heterocycles. The highest BCUT2D eigenvalue weighted by Crippen LogP contribution is 2.31. The van der Waals surface area contributed by atoms with E-state index in [-0.39, 0.29) is 11.8 Å². The molecule has 2 N–H and O–H groups in total. The van der Waals surface area contributed by atoms with E-state index in [9.17, 15) is 9.90 Å². The normalized spacial score (nSPS) is 21.4. The summed E-state index contributed by atoms with van der Waals surface area (Å²) in [6.07, 6.45) is 0.949. The van der Waals surface area contributed by atoms with Crippen LogP contribution in [0, 0.1) is 19.8 Å². The zero-order valence-corrected chi connectivity index (χ0v) is 10.4. The number of hydrogen-bond donors (Lipinski definition) is 2. The summed E-state index contributed by atoms with van der Waals surface area (Å²) in [5.74, 6) is -0.856. The van der Waals surface area contributed by atoms with Crippen molar-refractivity contribution in [2.24, 2.45) is 5.92 Å². The Labute approximate surface area is 102 Å². The number of benzene rings is 1. The first-order valence-corrected chi connectivity index (χ1v) is 6.10. The third-order valence-electron chi connectivity index (χ3n) is 3.60. The topological polar surface area (TPSA) is 49.3 Å². The Morgan fingerprint density at radius 2 is 2.24 bits per heavy atom. The van der Waals surface area contributed by atoms with Crippen molar-refractivity contribution in [2.75, 3.05) is 13.1 Å². The van der Waals surface area contributed by atoms with Crippen molar-refractivity contribution in [2.45, 2.75) is 26.2 Å². The quantitative estimate of drug-likeness (QED) is 0.840. The van der Waals surface area contributed by atoms with Gasteiger partial charge in [-0.25, -0.2) is 0 Å². The molecular weight excluding hydrogens is 214 g/mol. The Kier molecular flexibility index (Phi) is 3.48. The molecule has 1 aromatic carbocycles. The van der Waals surface area contributed by atoms with Crippen molar-refractivity contribution in [3.05, 3.63) is 34.9 Å². The van der Waals surface area contributed by atoms with Crippen LogP contribution in [0.1, 0.15) is 29.0 Å². The third-order valence-corrected chi connectivity index (χ3v) is 3.60. The predicted octanol–water partition coefficient (Wildman–Crippen LogP) is 2.08. The second-order valence-electron chi connectivity index (χ2n) is 4.93. The summed E-state index contributed by atoms with van der Waals surface area (Å²) in [6.45, 7) is 5.77. The lowest BCUT2D eigenvalue weighted by Crippen LogP contribution is -2.24. The van der Waals surface area contributed by atoms with Crippen LogP contribution in [0.25, 0.3) is 0 Å². The molecule has 2 unspecified atom stereocenters. The lowest BCUT2D eigenvalue weighted by Gasteiger charge is -2.21. The molecular formula is C14H19NO2. The minimum absolute atomic E-state index is 0.217. The fourth-order valence-corrected chi connectivity index (χ4v) is 2.72. The summed E-state index contributed by atoms with van der Waals surface area (Å²) in [7, 11) is 0. The zero-order chi connectivity index (χ0) is 12.4. The fraction of sp³-hybridized carbons (Fsp3) is 0.500. The van der Waals surface area contributed by atoms with Gasteiger partial charge in [0, 0.05) is 0 Å². The molecule has 0 amide bonds. The molecule has 1 fully saturated rings. The molecule has 0 aliphatic carbocycles. The molecule has 17 heavy (non-hydrogen) atoms. The van der Waals surface area contributed by atoms with E-state index < -0.39 is 5.97 Å². The minimum Gasteiger partial charge on any atom is -0.481 e. The highest BCUT2D eigenvalue weighted by atomic mass is 16.4. The average molecular weight is 233 g/mol. The van der Waals surface area contributed by atoms with E-state index in [0.717, 1.165) is 30.6 Å². The molecule has 0 spiro atoms. The van der Waals surface area contributed by atoms with Crippen LogP contribution < -0.4 is 5.32 Å². The van der Waals surface area contributed by atoms with Crippen molar-refractivity contribution in [1.29, 1.82) is 0 Å². The van der Waals surface area contributed by atoms with Crippen molar-refractivity contribution in [3.63, 3.8) is 0 Å². The summed E-state index contributed by atoms with van der Waals surface area (Å²) >= 11 is 0. The highest BCUT2D eigenvalue weighted by molar-refractivity contribution is 5.77. The Balaban J connectivity index is 2.35. The number of carboxylic acids is 1. The van der Waals surface area contributed by atoms with Gasteiger partial charge in [0.25, 0.3) is 0 Å².